The molecule has 0 aliphatic carbocycles. The number of furan rings is 1. The molecule has 2 N–H and O–H groups in total. The molecule has 0 spiro atoms. The zero-order valence-corrected chi connectivity index (χ0v) is 17.6. The molecule has 2 heterocycles. The van der Waals surface area contributed by atoms with E-state index in [0.29, 0.717) is 0 Å². The number of nitrogens with zero attached hydrogens (tertiary/aromatic N) is 1. The topological polar surface area (TPSA) is 108 Å². The van der Waals surface area contributed by atoms with Gasteiger partial charge in [0.25, 0.3) is 5.91 Å². The number of alkyl halides is 3. The van der Waals surface area contributed by atoms with Crippen LogP contribution < -0.4 is 0 Å². The standard InChI is InChI=1S/C20H14F3NO6S2/c21-20(22,23)11-3-1-2-10(8-11)14-6-4-12(30-14)9-15-17(27)24(19(31)32-15)13(18(28)29)5-7-16(25)26/h1-4,6,8-9,13H,5,7H2,(H,25,26)(H,28,29)/b15-9-. The van der Waals surface area contributed by atoms with Crippen molar-refractivity contribution in [1.29, 1.82) is 0 Å². The lowest BCUT2D eigenvalue weighted by molar-refractivity contribution is -0.146. The molecular weight excluding hydrogens is 471 g/mol. The third-order valence-corrected chi connectivity index (χ3v) is 5.76. The summed E-state index contributed by atoms with van der Waals surface area (Å²) in [5.41, 5.74) is -0.651. The average Bonchev–Trinajstić information content (AvgIpc) is 3.27. The summed E-state index contributed by atoms with van der Waals surface area (Å²) in [6, 6.07) is 5.99. The van der Waals surface area contributed by atoms with Crippen molar-refractivity contribution in [3.8, 4) is 11.3 Å². The largest absolute Gasteiger partial charge is 0.481 e. The highest BCUT2D eigenvalue weighted by atomic mass is 32.2. The van der Waals surface area contributed by atoms with E-state index in [1.807, 2.05) is 0 Å². The number of carboxylic acid groups (broad SMARTS) is 2. The Labute approximate surface area is 188 Å². The number of thioether (sulfide) groups is 1. The van der Waals surface area contributed by atoms with Crippen molar-refractivity contribution in [1.82, 2.24) is 4.90 Å². The number of rotatable bonds is 7. The molecule has 1 unspecified atom stereocenters. The maximum Gasteiger partial charge on any atom is 0.416 e. The predicted molar refractivity (Wildman–Crippen MR) is 112 cm³/mol. The Balaban J connectivity index is 1.84. The van der Waals surface area contributed by atoms with Crippen molar-refractivity contribution >= 4 is 52.2 Å². The van der Waals surface area contributed by atoms with E-state index in [4.69, 9.17) is 21.7 Å². The fourth-order valence-electron chi connectivity index (χ4n) is 2.94. The third kappa shape index (κ3) is 5.19. The van der Waals surface area contributed by atoms with Gasteiger partial charge < -0.3 is 14.6 Å². The second-order valence-corrected chi connectivity index (χ2v) is 8.29. The molecule has 12 heteroatoms. The Morgan fingerprint density at radius 2 is 1.94 bits per heavy atom. The van der Waals surface area contributed by atoms with Crippen molar-refractivity contribution in [2.24, 2.45) is 0 Å². The lowest BCUT2D eigenvalue weighted by Crippen LogP contribution is -2.44. The van der Waals surface area contributed by atoms with Crippen LogP contribution in [-0.4, -0.2) is 43.3 Å². The van der Waals surface area contributed by atoms with E-state index in [0.717, 1.165) is 28.8 Å². The highest BCUT2D eigenvalue weighted by Crippen LogP contribution is 2.36. The Morgan fingerprint density at radius 1 is 1.22 bits per heavy atom. The molecule has 1 aliphatic rings. The number of hydrogen-bond donors (Lipinski definition) is 2. The zero-order chi connectivity index (χ0) is 23.6. The summed E-state index contributed by atoms with van der Waals surface area (Å²) in [5, 5.41) is 18.2. The van der Waals surface area contributed by atoms with Crippen LogP contribution in [0.1, 0.15) is 24.2 Å². The second kappa shape index (κ2) is 9.17. The van der Waals surface area contributed by atoms with Crippen molar-refractivity contribution in [3.63, 3.8) is 0 Å². The number of carbonyl (C=O) groups is 3. The normalized spacial score (nSPS) is 16.6. The first kappa shape index (κ1) is 23.5. The summed E-state index contributed by atoms with van der Waals surface area (Å²) < 4.78 is 44.3. The van der Waals surface area contributed by atoms with Crippen LogP contribution in [-0.2, 0) is 20.6 Å². The summed E-state index contributed by atoms with van der Waals surface area (Å²) in [4.78, 5) is 35.9. The molecule has 1 aliphatic heterocycles. The van der Waals surface area contributed by atoms with Crippen LogP contribution in [0, 0.1) is 0 Å². The van der Waals surface area contributed by atoms with Gasteiger partial charge in [-0.3, -0.25) is 14.5 Å². The minimum absolute atomic E-state index is 0.0431. The second-order valence-electron chi connectivity index (χ2n) is 6.62. The van der Waals surface area contributed by atoms with Crippen LogP contribution in [0.3, 0.4) is 0 Å². The first-order chi connectivity index (χ1) is 15.0. The molecule has 1 aromatic heterocycles. The number of halogens is 3. The van der Waals surface area contributed by atoms with Gasteiger partial charge in [0.1, 0.15) is 21.9 Å². The molecule has 0 saturated carbocycles. The fourth-order valence-corrected chi connectivity index (χ4v) is 4.27. The minimum atomic E-state index is -4.51. The van der Waals surface area contributed by atoms with Gasteiger partial charge in [0.05, 0.1) is 10.5 Å². The summed E-state index contributed by atoms with van der Waals surface area (Å²) in [5.74, 6) is -3.04. The van der Waals surface area contributed by atoms with Crippen LogP contribution in [0.5, 0.6) is 0 Å². The molecule has 7 nitrogen and oxygen atoms in total. The first-order valence-corrected chi connectivity index (χ1v) is 10.2. The molecule has 0 radical (unpaired) electrons. The third-order valence-electron chi connectivity index (χ3n) is 4.43. The van der Waals surface area contributed by atoms with Crippen molar-refractivity contribution in [3.05, 3.63) is 52.6 Å². The quantitative estimate of drug-likeness (QED) is 0.437. The van der Waals surface area contributed by atoms with E-state index >= 15 is 0 Å². The predicted octanol–water partition coefficient (Wildman–Crippen LogP) is 4.48. The molecule has 168 valence electrons. The summed E-state index contributed by atoms with van der Waals surface area (Å²) >= 11 is 5.91. The van der Waals surface area contributed by atoms with E-state index in [1.54, 1.807) is 0 Å². The van der Waals surface area contributed by atoms with Crippen LogP contribution in [0.2, 0.25) is 0 Å². The maximum absolute atomic E-state index is 12.9. The van der Waals surface area contributed by atoms with E-state index in [1.165, 1.54) is 30.3 Å². The van der Waals surface area contributed by atoms with E-state index in [2.05, 4.69) is 0 Å². The van der Waals surface area contributed by atoms with Crippen molar-refractivity contribution in [2.45, 2.75) is 25.1 Å². The van der Waals surface area contributed by atoms with Gasteiger partial charge in [-0.1, -0.05) is 36.1 Å². The van der Waals surface area contributed by atoms with Crippen LogP contribution in [0.25, 0.3) is 17.4 Å². The lowest BCUT2D eigenvalue weighted by atomic mass is 10.1. The number of carbonyl (C=O) groups excluding carboxylic acids is 1. The minimum Gasteiger partial charge on any atom is -0.481 e. The number of aliphatic carboxylic acids is 2. The molecule has 1 amide bonds. The Kier molecular flexibility index (Phi) is 6.74. The highest BCUT2D eigenvalue weighted by molar-refractivity contribution is 8.26. The van der Waals surface area contributed by atoms with Gasteiger partial charge in [0, 0.05) is 18.1 Å². The SMILES string of the molecule is O=C(O)CCC(C(=O)O)N1C(=O)/C(=C/c2ccc(-c3cccc(C(F)(F)F)c3)o2)SC1=S. The van der Waals surface area contributed by atoms with Gasteiger partial charge in [-0.2, -0.15) is 13.2 Å². The first-order valence-electron chi connectivity index (χ1n) is 8.96. The monoisotopic (exact) mass is 485 g/mol. The Morgan fingerprint density at radius 3 is 2.56 bits per heavy atom. The average molecular weight is 485 g/mol. The van der Waals surface area contributed by atoms with E-state index in [9.17, 15) is 32.7 Å². The molecule has 1 fully saturated rings. The van der Waals surface area contributed by atoms with Gasteiger partial charge in [0.2, 0.25) is 0 Å². The van der Waals surface area contributed by atoms with Gasteiger partial charge in [-0.05, 0) is 30.7 Å². The van der Waals surface area contributed by atoms with Crippen LogP contribution in [0.4, 0.5) is 13.2 Å². The summed E-state index contributed by atoms with van der Waals surface area (Å²) in [7, 11) is 0. The molecule has 3 rings (SSSR count). The number of benzene rings is 1. The lowest BCUT2D eigenvalue weighted by Gasteiger charge is -2.22. The molecular formula is C20H14F3NO6S2. The number of carboxylic acids is 2. The van der Waals surface area contributed by atoms with Gasteiger partial charge >= 0.3 is 18.1 Å². The Hall–Kier alpha value is -3.12. The van der Waals surface area contributed by atoms with E-state index in [-0.39, 0.29) is 32.7 Å². The molecule has 32 heavy (non-hydrogen) atoms. The smallest absolute Gasteiger partial charge is 0.416 e. The van der Waals surface area contributed by atoms with Gasteiger partial charge in [0.15, 0.2) is 0 Å². The van der Waals surface area contributed by atoms with Gasteiger partial charge in [-0.15, -0.1) is 0 Å². The van der Waals surface area contributed by atoms with Crippen LogP contribution >= 0.6 is 24.0 Å². The summed E-state index contributed by atoms with van der Waals surface area (Å²) in [6.07, 6.45) is -4.01. The van der Waals surface area contributed by atoms with Crippen molar-refractivity contribution < 1.29 is 42.2 Å². The van der Waals surface area contributed by atoms with Crippen LogP contribution in [0.15, 0.2) is 45.7 Å². The molecule has 0 bridgehead atoms. The molecule has 1 atom stereocenters. The maximum atomic E-state index is 12.9. The van der Waals surface area contributed by atoms with E-state index < -0.39 is 42.0 Å². The number of hydrogen-bond acceptors (Lipinski definition) is 6. The Bertz CT molecular complexity index is 1120. The number of amides is 1. The molecule has 2 aromatic rings. The summed E-state index contributed by atoms with van der Waals surface area (Å²) in [6.45, 7) is 0. The fraction of sp³-hybridized carbons (Fsp3) is 0.200. The van der Waals surface area contributed by atoms with Crippen molar-refractivity contribution in [2.75, 3.05) is 0 Å². The molecule has 1 aromatic carbocycles. The number of thiocarbonyl (C=S) groups is 1. The zero-order valence-electron chi connectivity index (χ0n) is 16.0. The van der Waals surface area contributed by atoms with Gasteiger partial charge in [-0.25, -0.2) is 4.79 Å². The highest BCUT2D eigenvalue weighted by Gasteiger charge is 2.40. The molecule has 1 saturated heterocycles.